The van der Waals surface area contributed by atoms with Crippen LogP contribution in [0.3, 0.4) is 0 Å². The number of rotatable bonds is 4. The second kappa shape index (κ2) is 8.43. The fraction of sp³-hybridized carbons (Fsp3) is 0.125. The van der Waals surface area contributed by atoms with Crippen molar-refractivity contribution in [1.29, 1.82) is 0 Å². The summed E-state index contributed by atoms with van der Waals surface area (Å²) in [6, 6.07) is 22.9. The third-order valence-electron chi connectivity index (χ3n) is 5.09. The van der Waals surface area contributed by atoms with Crippen molar-refractivity contribution >= 4 is 34.8 Å². The van der Waals surface area contributed by atoms with Gasteiger partial charge in [-0.1, -0.05) is 36.4 Å². The Labute approximate surface area is 184 Å². The molecular formula is C24H20N4O4. The van der Waals surface area contributed by atoms with Crippen LogP contribution in [0.4, 0.5) is 17.1 Å². The smallest absolute Gasteiger partial charge is 0.249 e. The second-order valence-electron chi connectivity index (χ2n) is 7.29. The van der Waals surface area contributed by atoms with E-state index < -0.39 is 6.04 Å². The molecule has 160 valence electrons. The molecule has 0 spiro atoms. The van der Waals surface area contributed by atoms with Crippen molar-refractivity contribution in [3.05, 3.63) is 78.9 Å². The summed E-state index contributed by atoms with van der Waals surface area (Å²) in [6.45, 7) is 0.151. The van der Waals surface area contributed by atoms with Crippen molar-refractivity contribution in [3.63, 3.8) is 0 Å². The number of hydrogen-bond donors (Lipinski definition) is 2. The molecule has 2 aliphatic rings. The third kappa shape index (κ3) is 3.98. The van der Waals surface area contributed by atoms with E-state index in [0.29, 0.717) is 28.8 Å². The highest BCUT2D eigenvalue weighted by atomic mass is 16.7. The topological polar surface area (TPSA) is 92.3 Å². The van der Waals surface area contributed by atoms with Gasteiger partial charge in [-0.15, -0.1) is 0 Å². The lowest BCUT2D eigenvalue weighted by Gasteiger charge is -2.31. The average Bonchev–Trinajstić information content (AvgIpc) is 3.28. The van der Waals surface area contributed by atoms with E-state index >= 15 is 0 Å². The maximum absolute atomic E-state index is 13.1. The molecule has 0 bridgehead atoms. The van der Waals surface area contributed by atoms with Crippen molar-refractivity contribution in [2.24, 2.45) is 4.99 Å². The molecule has 0 aromatic heterocycles. The molecule has 3 aromatic rings. The molecule has 0 aliphatic carbocycles. The molecule has 2 amide bonds. The number of aliphatic imine (C=N–C) groups is 1. The molecule has 32 heavy (non-hydrogen) atoms. The summed E-state index contributed by atoms with van der Waals surface area (Å²) in [7, 11) is 0. The molecule has 2 N–H and O–H groups in total. The van der Waals surface area contributed by atoms with Gasteiger partial charge < -0.3 is 20.1 Å². The van der Waals surface area contributed by atoms with Gasteiger partial charge >= 0.3 is 0 Å². The molecule has 0 radical (unpaired) electrons. The van der Waals surface area contributed by atoms with Gasteiger partial charge in [-0.2, -0.15) is 0 Å². The largest absolute Gasteiger partial charge is 0.454 e. The molecule has 1 atom stereocenters. The summed E-state index contributed by atoms with van der Waals surface area (Å²) in [6.07, 6.45) is -0.0503. The van der Waals surface area contributed by atoms with Crippen LogP contribution in [0.1, 0.15) is 6.42 Å². The van der Waals surface area contributed by atoms with Crippen LogP contribution in [0.5, 0.6) is 11.5 Å². The third-order valence-corrected chi connectivity index (χ3v) is 5.09. The Morgan fingerprint density at radius 3 is 2.41 bits per heavy atom. The summed E-state index contributed by atoms with van der Waals surface area (Å²) < 4.78 is 10.7. The zero-order valence-electron chi connectivity index (χ0n) is 17.0. The van der Waals surface area contributed by atoms with E-state index in [1.165, 1.54) is 4.90 Å². The van der Waals surface area contributed by atoms with E-state index in [9.17, 15) is 9.59 Å². The lowest BCUT2D eigenvalue weighted by molar-refractivity contribution is -0.123. The van der Waals surface area contributed by atoms with Gasteiger partial charge in [0, 0.05) is 17.4 Å². The molecule has 2 heterocycles. The molecular weight excluding hydrogens is 408 g/mol. The molecule has 0 saturated heterocycles. The van der Waals surface area contributed by atoms with E-state index in [1.54, 1.807) is 18.2 Å². The van der Waals surface area contributed by atoms with Crippen LogP contribution < -0.4 is 25.0 Å². The normalized spacial score (nSPS) is 17.0. The Morgan fingerprint density at radius 2 is 1.62 bits per heavy atom. The van der Waals surface area contributed by atoms with E-state index in [-0.39, 0.29) is 25.0 Å². The van der Waals surface area contributed by atoms with Crippen molar-refractivity contribution in [2.45, 2.75) is 12.5 Å². The van der Waals surface area contributed by atoms with Crippen molar-refractivity contribution in [3.8, 4) is 11.5 Å². The van der Waals surface area contributed by atoms with Crippen molar-refractivity contribution < 1.29 is 19.1 Å². The van der Waals surface area contributed by atoms with Crippen molar-refractivity contribution in [2.75, 3.05) is 22.3 Å². The molecule has 5 rings (SSSR count). The first-order valence-corrected chi connectivity index (χ1v) is 10.2. The van der Waals surface area contributed by atoms with Crippen LogP contribution >= 0.6 is 0 Å². The van der Waals surface area contributed by atoms with Crippen LogP contribution in [0, 0.1) is 0 Å². The maximum atomic E-state index is 13.1. The highest BCUT2D eigenvalue weighted by Crippen LogP contribution is 2.34. The van der Waals surface area contributed by atoms with E-state index in [4.69, 9.17) is 9.47 Å². The number of anilines is 3. The Kier molecular flexibility index (Phi) is 5.17. The number of amides is 2. The van der Waals surface area contributed by atoms with E-state index in [0.717, 1.165) is 5.69 Å². The molecule has 8 heteroatoms. The first-order chi connectivity index (χ1) is 15.7. The zero-order chi connectivity index (χ0) is 21.9. The minimum Gasteiger partial charge on any atom is -0.454 e. The fourth-order valence-electron chi connectivity index (χ4n) is 3.56. The quantitative estimate of drug-likeness (QED) is 0.662. The SMILES string of the molecule is O=C(Nc1ccc2c(c1)OCO2)[C@H]1CC(=O)N(c2ccccc2)C(Nc2ccccc2)=N1. The van der Waals surface area contributed by atoms with Crippen LogP contribution in [-0.4, -0.2) is 30.6 Å². The molecule has 8 nitrogen and oxygen atoms in total. The molecule has 0 saturated carbocycles. The van der Waals surface area contributed by atoms with E-state index in [1.807, 2.05) is 60.7 Å². The number of benzene rings is 3. The lowest BCUT2D eigenvalue weighted by atomic mass is 10.1. The minimum atomic E-state index is -0.876. The summed E-state index contributed by atoms with van der Waals surface area (Å²) in [5, 5.41) is 6.00. The number of carbonyl (C=O) groups is 2. The van der Waals surface area contributed by atoms with Crippen LogP contribution in [0.15, 0.2) is 83.9 Å². The number of nitrogens with one attached hydrogen (secondary N) is 2. The Morgan fingerprint density at radius 1 is 0.906 bits per heavy atom. The second-order valence-corrected chi connectivity index (χ2v) is 7.29. The summed E-state index contributed by atoms with van der Waals surface area (Å²) >= 11 is 0. The van der Waals surface area contributed by atoms with Crippen molar-refractivity contribution in [1.82, 2.24) is 0 Å². The number of hydrogen-bond acceptors (Lipinski definition) is 6. The van der Waals surface area contributed by atoms with Gasteiger partial charge in [-0.3, -0.25) is 14.5 Å². The predicted molar refractivity (Wildman–Crippen MR) is 121 cm³/mol. The molecule has 2 aliphatic heterocycles. The number of nitrogens with zero attached hydrogens (tertiary/aromatic N) is 2. The number of carbonyl (C=O) groups excluding carboxylic acids is 2. The van der Waals surface area contributed by atoms with Gasteiger partial charge in [0.2, 0.25) is 24.6 Å². The van der Waals surface area contributed by atoms with Crippen LogP contribution in [-0.2, 0) is 9.59 Å². The first-order valence-electron chi connectivity index (χ1n) is 10.2. The summed E-state index contributed by atoms with van der Waals surface area (Å²) in [4.78, 5) is 32.2. The monoisotopic (exact) mass is 428 g/mol. The number of para-hydroxylation sites is 2. The number of ether oxygens (including phenoxy) is 2. The molecule has 0 unspecified atom stereocenters. The zero-order valence-corrected chi connectivity index (χ0v) is 17.0. The predicted octanol–water partition coefficient (Wildman–Crippen LogP) is 3.63. The Balaban J connectivity index is 1.42. The standard InChI is InChI=1S/C24H20N4O4/c29-22-14-19(23(30)25-17-11-12-20-21(13-17)32-15-31-20)27-24(26-16-7-3-1-4-8-16)28(22)18-9-5-2-6-10-18/h1-13,19H,14-15H2,(H,25,30)(H,26,27)/t19-/m1/s1. The first kappa shape index (κ1) is 19.6. The molecule has 0 fully saturated rings. The van der Waals surface area contributed by atoms with Gasteiger partial charge in [0.25, 0.3) is 0 Å². The van der Waals surface area contributed by atoms with Gasteiger partial charge in [0.05, 0.1) is 12.1 Å². The number of fused-ring (bicyclic) bond motifs is 1. The van der Waals surface area contributed by atoms with Gasteiger partial charge in [-0.25, -0.2) is 4.99 Å². The van der Waals surface area contributed by atoms with Gasteiger partial charge in [-0.05, 0) is 36.4 Å². The van der Waals surface area contributed by atoms with Crippen LogP contribution in [0.25, 0.3) is 0 Å². The highest BCUT2D eigenvalue weighted by Gasteiger charge is 2.34. The number of guanidine groups is 1. The lowest BCUT2D eigenvalue weighted by Crippen LogP contribution is -2.49. The Bertz CT molecular complexity index is 1180. The van der Waals surface area contributed by atoms with Gasteiger partial charge in [0.1, 0.15) is 6.04 Å². The summed E-state index contributed by atoms with van der Waals surface area (Å²) in [5.41, 5.74) is 1.98. The van der Waals surface area contributed by atoms with E-state index in [2.05, 4.69) is 15.6 Å². The molecule has 3 aromatic carbocycles. The minimum absolute atomic E-state index is 0.0503. The average molecular weight is 428 g/mol. The Hall–Kier alpha value is -4.33. The summed E-state index contributed by atoms with van der Waals surface area (Å²) in [5.74, 6) is 0.881. The van der Waals surface area contributed by atoms with Crippen LogP contribution in [0.2, 0.25) is 0 Å². The maximum Gasteiger partial charge on any atom is 0.249 e. The fourth-order valence-corrected chi connectivity index (χ4v) is 3.56. The van der Waals surface area contributed by atoms with Gasteiger partial charge in [0.15, 0.2) is 11.5 Å². The highest BCUT2D eigenvalue weighted by molar-refractivity contribution is 6.23.